The first-order valence-electron chi connectivity index (χ1n) is 13.2. The van der Waals surface area contributed by atoms with Crippen LogP contribution in [0.25, 0.3) is 0 Å². The molecule has 30 heavy (non-hydrogen) atoms. The van der Waals surface area contributed by atoms with E-state index in [0.717, 1.165) is 42.9 Å². The largest absolute Gasteiger partial charge is 0.393 e. The molecule has 3 fully saturated rings. The van der Waals surface area contributed by atoms with E-state index in [-0.39, 0.29) is 6.10 Å². The maximum absolute atomic E-state index is 10.3. The summed E-state index contributed by atoms with van der Waals surface area (Å²) in [4.78, 5) is 0. The highest BCUT2D eigenvalue weighted by Crippen LogP contribution is 2.60. The standard InChI is InChI=1S/C29H46O/c1-20(2)8-5-9-21(3)27-15-16-28-24(12-7-17-29(27,28)4)18-23-11-6-10-22-13-14-25(30)19-26(22)23/h10,18,20-21,25,27-28,30H,5-9,11-17,19H2,1-4H3/t21-,25+,27-,28?,29-/m1/s1. The lowest BCUT2D eigenvalue weighted by atomic mass is 9.60. The van der Waals surface area contributed by atoms with Gasteiger partial charge in [0.25, 0.3) is 0 Å². The van der Waals surface area contributed by atoms with E-state index < -0.39 is 0 Å². The molecular weight excluding hydrogens is 364 g/mol. The first kappa shape index (κ1) is 22.4. The Morgan fingerprint density at radius 3 is 2.73 bits per heavy atom. The molecule has 0 saturated heterocycles. The van der Waals surface area contributed by atoms with E-state index in [1.165, 1.54) is 69.8 Å². The average Bonchev–Trinajstić information content (AvgIpc) is 3.06. The molecule has 0 radical (unpaired) electrons. The summed E-state index contributed by atoms with van der Waals surface area (Å²) in [6.45, 7) is 9.93. The van der Waals surface area contributed by atoms with Crippen LogP contribution in [0.4, 0.5) is 0 Å². The fourth-order valence-electron chi connectivity index (χ4n) is 7.68. The topological polar surface area (TPSA) is 20.2 Å². The van der Waals surface area contributed by atoms with Crippen LogP contribution in [0.3, 0.4) is 0 Å². The van der Waals surface area contributed by atoms with Crippen LogP contribution in [-0.2, 0) is 0 Å². The van der Waals surface area contributed by atoms with E-state index in [1.54, 1.807) is 16.7 Å². The molecule has 0 spiro atoms. The molecule has 0 aliphatic heterocycles. The van der Waals surface area contributed by atoms with Gasteiger partial charge in [-0.2, -0.15) is 0 Å². The highest BCUT2D eigenvalue weighted by molar-refractivity contribution is 5.46. The van der Waals surface area contributed by atoms with Gasteiger partial charge in [0, 0.05) is 0 Å². The molecule has 0 amide bonds. The van der Waals surface area contributed by atoms with E-state index in [0.29, 0.717) is 5.41 Å². The number of hydrogen-bond acceptors (Lipinski definition) is 1. The lowest BCUT2D eigenvalue weighted by Crippen LogP contribution is -2.36. The number of fused-ring (bicyclic) bond motifs is 2. The molecule has 4 aliphatic rings. The van der Waals surface area contributed by atoms with Gasteiger partial charge in [-0.25, -0.2) is 0 Å². The van der Waals surface area contributed by atoms with Gasteiger partial charge in [-0.15, -0.1) is 0 Å². The lowest BCUT2D eigenvalue weighted by molar-refractivity contribution is 0.0928. The van der Waals surface area contributed by atoms with Gasteiger partial charge in [0.05, 0.1) is 6.10 Å². The van der Waals surface area contributed by atoms with Crippen LogP contribution in [0.2, 0.25) is 0 Å². The van der Waals surface area contributed by atoms with Crippen molar-refractivity contribution in [3.8, 4) is 0 Å². The Labute approximate surface area is 186 Å². The third kappa shape index (κ3) is 4.52. The minimum atomic E-state index is -0.122. The van der Waals surface area contributed by atoms with Crippen molar-refractivity contribution in [2.45, 2.75) is 117 Å². The van der Waals surface area contributed by atoms with Gasteiger partial charge >= 0.3 is 0 Å². The second-order valence-electron chi connectivity index (χ2n) is 11.8. The molecule has 4 aliphatic carbocycles. The molecule has 0 aromatic rings. The van der Waals surface area contributed by atoms with E-state index in [1.807, 2.05) is 0 Å². The fourth-order valence-corrected chi connectivity index (χ4v) is 7.68. The summed E-state index contributed by atoms with van der Waals surface area (Å²) >= 11 is 0. The van der Waals surface area contributed by atoms with Crippen molar-refractivity contribution < 1.29 is 5.11 Å². The molecule has 0 aromatic carbocycles. The average molecular weight is 411 g/mol. The molecule has 0 bridgehead atoms. The fraction of sp³-hybridized carbons (Fsp3) is 0.793. The summed E-state index contributed by atoms with van der Waals surface area (Å²) in [5, 5.41) is 10.3. The van der Waals surface area contributed by atoms with Crippen LogP contribution in [0, 0.1) is 29.1 Å². The van der Waals surface area contributed by atoms with Gasteiger partial charge in [-0.1, -0.05) is 64.7 Å². The van der Waals surface area contributed by atoms with Crippen LogP contribution in [0.15, 0.2) is 34.4 Å². The molecule has 168 valence electrons. The third-order valence-corrected chi connectivity index (χ3v) is 9.29. The second kappa shape index (κ2) is 9.35. The van der Waals surface area contributed by atoms with Gasteiger partial charge in [0.1, 0.15) is 0 Å². The molecule has 3 saturated carbocycles. The summed E-state index contributed by atoms with van der Waals surface area (Å²) in [7, 11) is 0. The zero-order valence-corrected chi connectivity index (χ0v) is 20.2. The Morgan fingerprint density at radius 2 is 1.93 bits per heavy atom. The number of hydrogen-bond donors (Lipinski definition) is 1. The van der Waals surface area contributed by atoms with Crippen LogP contribution in [-0.4, -0.2) is 11.2 Å². The number of rotatable bonds is 6. The minimum absolute atomic E-state index is 0.122. The van der Waals surface area contributed by atoms with Crippen LogP contribution < -0.4 is 0 Å². The number of allylic oxidation sites excluding steroid dienone is 5. The quantitative estimate of drug-likeness (QED) is 0.468. The van der Waals surface area contributed by atoms with Crippen LogP contribution in [0.1, 0.15) is 111 Å². The minimum Gasteiger partial charge on any atom is -0.393 e. The summed E-state index contributed by atoms with van der Waals surface area (Å²) in [6, 6.07) is 0. The number of aliphatic hydroxyl groups is 1. The van der Waals surface area contributed by atoms with E-state index >= 15 is 0 Å². The SMILES string of the molecule is CC(C)CCC[C@@H](C)[C@H]1CCC2C(=CC3=C4C[C@@H](O)CCC4=CCC3)CCC[C@@]21C. The Morgan fingerprint density at radius 1 is 1.10 bits per heavy atom. The second-order valence-corrected chi connectivity index (χ2v) is 11.8. The van der Waals surface area contributed by atoms with Crippen molar-refractivity contribution in [2.75, 3.05) is 0 Å². The predicted molar refractivity (Wildman–Crippen MR) is 128 cm³/mol. The highest BCUT2D eigenvalue weighted by atomic mass is 16.3. The molecule has 1 N–H and O–H groups in total. The zero-order valence-electron chi connectivity index (χ0n) is 20.2. The van der Waals surface area contributed by atoms with Gasteiger partial charge in [-0.05, 0) is 110 Å². The van der Waals surface area contributed by atoms with Gasteiger partial charge in [-0.3, -0.25) is 0 Å². The monoisotopic (exact) mass is 410 g/mol. The Kier molecular flexibility index (Phi) is 6.98. The lowest BCUT2D eigenvalue weighted by Gasteiger charge is -2.44. The van der Waals surface area contributed by atoms with Crippen molar-refractivity contribution in [2.24, 2.45) is 29.1 Å². The Hall–Kier alpha value is -0.820. The van der Waals surface area contributed by atoms with Gasteiger partial charge in [0.2, 0.25) is 0 Å². The summed E-state index contributed by atoms with van der Waals surface area (Å²) in [5.74, 6) is 3.43. The Bertz CT molecular complexity index is 708. The molecule has 1 unspecified atom stereocenters. The summed E-state index contributed by atoms with van der Waals surface area (Å²) < 4.78 is 0. The highest BCUT2D eigenvalue weighted by Gasteiger charge is 2.50. The van der Waals surface area contributed by atoms with Crippen LogP contribution in [0.5, 0.6) is 0 Å². The van der Waals surface area contributed by atoms with Crippen molar-refractivity contribution in [3.05, 3.63) is 34.4 Å². The summed E-state index contributed by atoms with van der Waals surface area (Å²) in [6.07, 6.45) is 21.5. The molecule has 0 heterocycles. The van der Waals surface area contributed by atoms with Crippen molar-refractivity contribution in [1.82, 2.24) is 0 Å². The van der Waals surface area contributed by atoms with E-state index in [4.69, 9.17) is 0 Å². The third-order valence-electron chi connectivity index (χ3n) is 9.29. The van der Waals surface area contributed by atoms with Gasteiger partial charge in [0.15, 0.2) is 0 Å². The van der Waals surface area contributed by atoms with Crippen molar-refractivity contribution in [3.63, 3.8) is 0 Å². The smallest absolute Gasteiger partial charge is 0.0583 e. The first-order chi connectivity index (χ1) is 14.4. The maximum Gasteiger partial charge on any atom is 0.0583 e. The molecule has 5 atom stereocenters. The molecule has 1 nitrogen and oxygen atoms in total. The van der Waals surface area contributed by atoms with Crippen molar-refractivity contribution in [1.29, 1.82) is 0 Å². The zero-order chi connectivity index (χ0) is 21.3. The normalized spacial score (nSPS) is 36.7. The van der Waals surface area contributed by atoms with Crippen molar-refractivity contribution >= 4 is 0 Å². The predicted octanol–water partition coefficient (Wildman–Crippen LogP) is 8.15. The van der Waals surface area contributed by atoms with E-state index in [2.05, 4.69) is 39.8 Å². The van der Waals surface area contributed by atoms with Gasteiger partial charge < -0.3 is 5.11 Å². The molecule has 1 heteroatoms. The maximum atomic E-state index is 10.3. The Balaban J connectivity index is 1.52. The first-order valence-corrected chi connectivity index (χ1v) is 13.2. The van der Waals surface area contributed by atoms with E-state index in [9.17, 15) is 5.11 Å². The molecule has 0 aromatic heterocycles. The molecule has 4 rings (SSSR count). The summed E-state index contributed by atoms with van der Waals surface area (Å²) in [5.41, 5.74) is 6.94. The number of aliphatic hydroxyl groups excluding tert-OH is 1. The molecular formula is C29H46O. The van der Waals surface area contributed by atoms with Crippen LogP contribution >= 0.6 is 0 Å².